The number of benzene rings is 2. The van der Waals surface area contributed by atoms with E-state index in [9.17, 15) is 27.3 Å². The van der Waals surface area contributed by atoms with E-state index in [1.807, 2.05) is 19.0 Å². The predicted octanol–water partition coefficient (Wildman–Crippen LogP) is 6.88. The van der Waals surface area contributed by atoms with Crippen LogP contribution in [0.2, 0.25) is 0 Å². The van der Waals surface area contributed by atoms with Gasteiger partial charge in [-0.05, 0) is 125 Å². The van der Waals surface area contributed by atoms with Gasteiger partial charge >= 0.3 is 0 Å². The van der Waals surface area contributed by atoms with Crippen molar-refractivity contribution in [3.05, 3.63) is 58.7 Å². The summed E-state index contributed by atoms with van der Waals surface area (Å²) in [5, 5.41) is 27.7. The molecule has 0 aliphatic heterocycles. The van der Waals surface area contributed by atoms with E-state index in [0.717, 1.165) is 57.9 Å². The van der Waals surface area contributed by atoms with Gasteiger partial charge in [0.15, 0.2) is 0 Å². The first kappa shape index (κ1) is 40.3. The van der Waals surface area contributed by atoms with Gasteiger partial charge in [0.1, 0.15) is 11.4 Å². The smallest absolute Gasteiger partial charge is 0.243 e. The van der Waals surface area contributed by atoms with Gasteiger partial charge in [0.25, 0.3) is 0 Å². The molecule has 0 saturated heterocycles. The molecule has 2 saturated carbocycles. The van der Waals surface area contributed by atoms with Gasteiger partial charge in [-0.3, -0.25) is 0 Å². The lowest BCUT2D eigenvalue weighted by Gasteiger charge is -2.40. The zero-order chi connectivity index (χ0) is 38.2. The summed E-state index contributed by atoms with van der Waals surface area (Å²) in [5.41, 5.74) is 1.64. The average Bonchev–Trinajstić information content (AvgIpc) is 3.07. The fraction of sp³-hybridized carbons (Fsp3) is 0.641. The zero-order valence-electron chi connectivity index (χ0n) is 32.2. The molecule has 0 atom stereocenters. The molecule has 288 valence electrons. The summed E-state index contributed by atoms with van der Waals surface area (Å²) >= 11 is 0. The Kier molecular flexibility index (Phi) is 12.0. The number of fused-ring (bicyclic) bond motifs is 2. The standard InChI is InChI=1S/C39H59N5O6S2/c1-38(2,3)26-10-14-28(15-11-26)42-51(47,48)30-18-20-32-34(24-30)37(41-46)35-25-31(19-21-33(35)36(32)40-45)52(49,50)44(23-9-22-43(7)8)29-16-12-27(13-17-29)39(4,5)6/h18-21,24-29,42,45-46H,9-17,22-23H2,1-8H3/b40-36+,41-37+. The minimum atomic E-state index is -4.01. The molecule has 3 aliphatic rings. The third-order valence-electron chi connectivity index (χ3n) is 11.7. The van der Waals surface area contributed by atoms with Crippen molar-refractivity contribution in [3.8, 4) is 0 Å². The third-order valence-corrected chi connectivity index (χ3v) is 15.2. The van der Waals surface area contributed by atoms with Crippen LogP contribution >= 0.6 is 0 Å². The van der Waals surface area contributed by atoms with Crippen LogP contribution in [-0.2, 0) is 20.0 Å². The number of rotatable bonds is 10. The average molecular weight is 758 g/mol. The lowest BCUT2D eigenvalue weighted by molar-refractivity contribution is 0.133. The highest BCUT2D eigenvalue weighted by Crippen LogP contribution is 2.41. The van der Waals surface area contributed by atoms with Gasteiger partial charge in [-0.1, -0.05) is 64.0 Å². The van der Waals surface area contributed by atoms with Crippen LogP contribution in [-0.4, -0.2) is 87.1 Å². The molecule has 52 heavy (non-hydrogen) atoms. The molecule has 0 aromatic heterocycles. The summed E-state index contributed by atoms with van der Waals surface area (Å²) in [4.78, 5) is 2.05. The topological polar surface area (TPSA) is 152 Å². The van der Waals surface area contributed by atoms with E-state index in [4.69, 9.17) is 0 Å². The van der Waals surface area contributed by atoms with Crippen LogP contribution in [0.25, 0.3) is 0 Å². The fourth-order valence-electron chi connectivity index (χ4n) is 8.46. The number of nitrogens with zero attached hydrogens (tertiary/aromatic N) is 4. The van der Waals surface area contributed by atoms with Gasteiger partial charge in [0.2, 0.25) is 20.0 Å². The second-order valence-corrected chi connectivity index (χ2v) is 21.1. The minimum Gasteiger partial charge on any atom is -0.410 e. The highest BCUT2D eigenvalue weighted by molar-refractivity contribution is 7.89. The maximum Gasteiger partial charge on any atom is 0.243 e. The summed E-state index contributed by atoms with van der Waals surface area (Å²) in [7, 11) is -4.03. The van der Waals surface area contributed by atoms with Crippen molar-refractivity contribution in [2.75, 3.05) is 27.2 Å². The van der Waals surface area contributed by atoms with Crippen LogP contribution in [0.15, 0.2) is 56.5 Å². The zero-order valence-corrected chi connectivity index (χ0v) is 33.8. The molecule has 3 N–H and O–H groups in total. The Morgan fingerprint density at radius 2 is 1.13 bits per heavy atom. The summed E-state index contributed by atoms with van der Waals surface area (Å²) < 4.78 is 61.0. The number of nitrogens with one attached hydrogen (secondary N) is 1. The Balaban J connectivity index is 1.46. The van der Waals surface area contributed by atoms with E-state index < -0.39 is 20.0 Å². The van der Waals surface area contributed by atoms with E-state index in [-0.39, 0.29) is 55.3 Å². The van der Waals surface area contributed by atoms with Gasteiger partial charge in [0, 0.05) is 40.9 Å². The monoisotopic (exact) mass is 757 g/mol. The third kappa shape index (κ3) is 8.59. The highest BCUT2D eigenvalue weighted by Gasteiger charge is 2.39. The van der Waals surface area contributed by atoms with Crippen molar-refractivity contribution >= 4 is 31.5 Å². The molecule has 0 radical (unpaired) electrons. The molecule has 0 spiro atoms. The molecule has 0 amide bonds. The van der Waals surface area contributed by atoms with E-state index in [1.165, 1.54) is 30.3 Å². The number of oxime groups is 2. The van der Waals surface area contributed by atoms with Crippen molar-refractivity contribution in [2.24, 2.45) is 33.0 Å². The largest absolute Gasteiger partial charge is 0.410 e. The lowest BCUT2D eigenvalue weighted by Crippen LogP contribution is -2.44. The fourth-order valence-corrected chi connectivity index (χ4v) is 11.5. The number of hydrogen-bond acceptors (Lipinski definition) is 9. The first-order valence-corrected chi connectivity index (χ1v) is 21.6. The Hall–Kier alpha value is -2.84. The van der Waals surface area contributed by atoms with E-state index in [2.05, 4.69) is 56.6 Å². The Morgan fingerprint density at radius 1 is 0.673 bits per heavy atom. The molecule has 0 unspecified atom stereocenters. The number of hydrogen-bond donors (Lipinski definition) is 3. The summed E-state index contributed by atoms with van der Waals surface area (Å²) in [5.74, 6) is 1.05. The highest BCUT2D eigenvalue weighted by atomic mass is 32.2. The van der Waals surface area contributed by atoms with Crippen molar-refractivity contribution in [1.82, 2.24) is 13.9 Å². The lowest BCUT2D eigenvalue weighted by atomic mass is 9.71. The predicted molar refractivity (Wildman–Crippen MR) is 206 cm³/mol. The van der Waals surface area contributed by atoms with Gasteiger partial charge in [-0.15, -0.1) is 0 Å². The van der Waals surface area contributed by atoms with Crippen molar-refractivity contribution in [1.29, 1.82) is 0 Å². The quantitative estimate of drug-likeness (QED) is 0.151. The molecule has 5 rings (SSSR count). The van der Waals surface area contributed by atoms with Crippen molar-refractivity contribution < 1.29 is 27.3 Å². The maximum atomic E-state index is 14.6. The molecule has 13 heteroatoms. The summed E-state index contributed by atoms with van der Waals surface area (Å²) in [6.07, 6.45) is 7.47. The van der Waals surface area contributed by atoms with Crippen LogP contribution in [0.1, 0.15) is 122 Å². The van der Waals surface area contributed by atoms with E-state index in [0.29, 0.717) is 35.9 Å². The molecule has 11 nitrogen and oxygen atoms in total. The molecule has 0 bridgehead atoms. The van der Waals surface area contributed by atoms with Crippen molar-refractivity contribution in [2.45, 2.75) is 121 Å². The Bertz CT molecular complexity index is 1880. The summed E-state index contributed by atoms with van der Waals surface area (Å²) in [6, 6.07) is 8.59. The molecular formula is C39H59N5O6S2. The van der Waals surface area contributed by atoms with Gasteiger partial charge < -0.3 is 15.3 Å². The molecule has 0 heterocycles. The van der Waals surface area contributed by atoms with Gasteiger partial charge in [0.05, 0.1) is 9.79 Å². The summed E-state index contributed by atoms with van der Waals surface area (Å²) in [6.45, 7) is 14.5. The number of sulfonamides is 2. The van der Waals surface area contributed by atoms with E-state index in [1.54, 1.807) is 10.4 Å². The normalized spacial score (nSPS) is 24.7. The van der Waals surface area contributed by atoms with Crippen LogP contribution < -0.4 is 4.72 Å². The second-order valence-electron chi connectivity index (χ2n) is 17.5. The van der Waals surface area contributed by atoms with Crippen LogP contribution in [0.5, 0.6) is 0 Å². The first-order chi connectivity index (χ1) is 24.3. The Morgan fingerprint density at radius 3 is 1.62 bits per heavy atom. The Labute approximate surface area is 311 Å². The van der Waals surface area contributed by atoms with Crippen LogP contribution in [0.4, 0.5) is 0 Å². The second kappa shape index (κ2) is 15.5. The van der Waals surface area contributed by atoms with Gasteiger partial charge in [-0.25, -0.2) is 21.6 Å². The SMILES string of the molecule is CN(C)CCCN(C1CCC(C(C)(C)C)CC1)S(=O)(=O)c1ccc2c(c1)/C(=N/O)c1cc(S(=O)(=O)NC3CCC(C(C)(C)C)CC3)ccc1/C2=N\O. The molecule has 3 aliphatic carbocycles. The molecule has 2 fully saturated rings. The molecule has 2 aromatic carbocycles. The van der Waals surface area contributed by atoms with Crippen molar-refractivity contribution in [3.63, 3.8) is 0 Å². The van der Waals surface area contributed by atoms with Crippen LogP contribution in [0, 0.1) is 22.7 Å². The first-order valence-electron chi connectivity index (χ1n) is 18.7. The maximum absolute atomic E-state index is 14.6. The molecular weight excluding hydrogens is 699 g/mol. The van der Waals surface area contributed by atoms with Crippen LogP contribution in [0.3, 0.4) is 0 Å². The molecule has 2 aromatic rings. The van der Waals surface area contributed by atoms with E-state index >= 15 is 0 Å². The minimum absolute atomic E-state index is 0.00188. The van der Waals surface area contributed by atoms with Gasteiger partial charge in [-0.2, -0.15) is 4.31 Å².